The molecule has 118 valence electrons. The van der Waals surface area contributed by atoms with Gasteiger partial charge in [-0.25, -0.2) is 0 Å². The Morgan fingerprint density at radius 3 is 2.39 bits per heavy atom. The fraction of sp³-hybridized carbons (Fsp3) is 0.111. The van der Waals surface area contributed by atoms with Crippen LogP contribution in [0.25, 0.3) is 11.1 Å². The van der Waals surface area contributed by atoms with Crippen molar-refractivity contribution in [3.8, 4) is 22.6 Å². The summed E-state index contributed by atoms with van der Waals surface area (Å²) in [5.41, 5.74) is 2.15. The van der Waals surface area contributed by atoms with Crippen molar-refractivity contribution in [2.24, 2.45) is 0 Å². The van der Waals surface area contributed by atoms with Crippen LogP contribution < -0.4 is 0 Å². The maximum atomic E-state index is 11.0. The van der Waals surface area contributed by atoms with Gasteiger partial charge in [0.1, 0.15) is 5.75 Å². The van der Waals surface area contributed by atoms with Crippen molar-refractivity contribution < 1.29 is 15.1 Å². The van der Waals surface area contributed by atoms with Crippen LogP contribution in [0.5, 0.6) is 11.5 Å². The Hall–Kier alpha value is -3.08. The molecule has 23 heavy (non-hydrogen) atoms. The highest BCUT2D eigenvalue weighted by Crippen LogP contribution is 2.38. The maximum Gasteiger partial charge on any atom is 0.311 e. The van der Waals surface area contributed by atoms with Crippen LogP contribution in [0.3, 0.4) is 0 Å². The second-order valence-corrected chi connectivity index (χ2v) is 5.10. The Morgan fingerprint density at radius 2 is 1.78 bits per heavy atom. The number of rotatable bonds is 6. The molecule has 0 radical (unpaired) electrons. The summed E-state index contributed by atoms with van der Waals surface area (Å²) in [7, 11) is 0. The van der Waals surface area contributed by atoms with E-state index < -0.39 is 16.4 Å². The van der Waals surface area contributed by atoms with E-state index in [4.69, 9.17) is 0 Å². The average molecular weight is 311 g/mol. The SMILES string of the molecule is C=CCc1cc(CC=C)c(O)c(-c2ccc(O)c([N+](=O)[O-])c2)c1. The summed E-state index contributed by atoms with van der Waals surface area (Å²) in [6.45, 7) is 7.37. The number of hydrogen-bond donors (Lipinski definition) is 2. The Labute approximate surface area is 134 Å². The predicted molar refractivity (Wildman–Crippen MR) is 89.7 cm³/mol. The minimum atomic E-state index is -0.659. The highest BCUT2D eigenvalue weighted by molar-refractivity contribution is 5.75. The van der Waals surface area contributed by atoms with Crippen LogP contribution in [-0.4, -0.2) is 15.1 Å². The Bertz CT molecular complexity index is 781. The molecule has 0 saturated carbocycles. The average Bonchev–Trinajstić information content (AvgIpc) is 2.51. The van der Waals surface area contributed by atoms with Gasteiger partial charge in [0, 0.05) is 11.6 Å². The molecular formula is C18H17NO4. The Kier molecular flexibility index (Phi) is 4.81. The zero-order valence-electron chi connectivity index (χ0n) is 12.5. The third kappa shape index (κ3) is 3.40. The first-order chi connectivity index (χ1) is 11.0. The third-order valence-corrected chi connectivity index (χ3v) is 3.48. The van der Waals surface area contributed by atoms with Crippen LogP contribution in [0.1, 0.15) is 11.1 Å². The summed E-state index contributed by atoms with van der Waals surface area (Å²) in [6, 6.07) is 7.66. The zero-order valence-corrected chi connectivity index (χ0v) is 12.5. The van der Waals surface area contributed by atoms with Crippen LogP contribution in [0.4, 0.5) is 5.69 Å². The number of nitro groups is 1. The first-order valence-electron chi connectivity index (χ1n) is 7.02. The van der Waals surface area contributed by atoms with Gasteiger partial charge in [-0.2, -0.15) is 0 Å². The van der Waals surface area contributed by atoms with E-state index in [9.17, 15) is 20.3 Å². The molecule has 0 fully saturated rings. The molecule has 2 aromatic rings. The van der Waals surface area contributed by atoms with Gasteiger partial charge >= 0.3 is 5.69 Å². The minimum absolute atomic E-state index is 0.0534. The lowest BCUT2D eigenvalue weighted by molar-refractivity contribution is -0.385. The topological polar surface area (TPSA) is 83.6 Å². The summed E-state index contributed by atoms with van der Waals surface area (Å²) in [5, 5.41) is 31.0. The molecule has 0 aliphatic rings. The van der Waals surface area contributed by atoms with E-state index in [0.29, 0.717) is 29.5 Å². The molecule has 0 unspecified atom stereocenters. The fourth-order valence-corrected chi connectivity index (χ4v) is 2.41. The lowest BCUT2D eigenvalue weighted by Gasteiger charge is -2.12. The summed E-state index contributed by atoms with van der Waals surface area (Å²) in [5.74, 6) is -0.357. The van der Waals surface area contributed by atoms with Gasteiger partial charge in [-0.1, -0.05) is 24.3 Å². The quantitative estimate of drug-likeness (QED) is 0.477. The number of allylic oxidation sites excluding steroid dienone is 2. The molecule has 2 rings (SSSR count). The summed E-state index contributed by atoms with van der Waals surface area (Å²) in [6.07, 6.45) is 4.50. The highest BCUT2D eigenvalue weighted by Gasteiger charge is 2.17. The molecule has 0 aromatic heterocycles. The monoisotopic (exact) mass is 311 g/mol. The minimum Gasteiger partial charge on any atom is -0.507 e. The zero-order chi connectivity index (χ0) is 17.0. The van der Waals surface area contributed by atoms with Gasteiger partial charge in [-0.15, -0.1) is 13.2 Å². The number of aromatic hydroxyl groups is 2. The summed E-state index contributed by atoms with van der Waals surface area (Å²) >= 11 is 0. The van der Waals surface area contributed by atoms with E-state index in [1.165, 1.54) is 18.2 Å². The van der Waals surface area contributed by atoms with Crippen molar-refractivity contribution in [3.63, 3.8) is 0 Å². The van der Waals surface area contributed by atoms with Crippen LogP contribution in [0, 0.1) is 10.1 Å². The van der Waals surface area contributed by atoms with Gasteiger partial charge in [0.15, 0.2) is 5.75 Å². The molecule has 0 heterocycles. The van der Waals surface area contributed by atoms with Gasteiger partial charge in [0.05, 0.1) is 4.92 Å². The van der Waals surface area contributed by atoms with Gasteiger partial charge in [-0.05, 0) is 41.7 Å². The molecule has 2 N–H and O–H groups in total. The Balaban J connectivity index is 2.66. The first kappa shape index (κ1) is 16.3. The number of hydrogen-bond acceptors (Lipinski definition) is 4. The maximum absolute atomic E-state index is 11.0. The van der Waals surface area contributed by atoms with Crippen molar-refractivity contribution in [1.29, 1.82) is 0 Å². The molecule has 0 spiro atoms. The smallest absolute Gasteiger partial charge is 0.311 e. The molecule has 5 nitrogen and oxygen atoms in total. The fourth-order valence-electron chi connectivity index (χ4n) is 2.41. The second kappa shape index (κ2) is 6.79. The number of phenolic OH excluding ortho intramolecular Hbond substituents is 2. The van der Waals surface area contributed by atoms with E-state index >= 15 is 0 Å². The van der Waals surface area contributed by atoms with Crippen molar-refractivity contribution in [1.82, 2.24) is 0 Å². The van der Waals surface area contributed by atoms with Gasteiger partial charge in [-0.3, -0.25) is 10.1 Å². The Morgan fingerprint density at radius 1 is 1.09 bits per heavy atom. The summed E-state index contributed by atoms with van der Waals surface area (Å²) < 4.78 is 0. The normalized spacial score (nSPS) is 10.3. The molecule has 0 aliphatic carbocycles. The number of phenols is 2. The van der Waals surface area contributed by atoms with Gasteiger partial charge < -0.3 is 10.2 Å². The van der Waals surface area contributed by atoms with E-state index in [1.807, 2.05) is 6.07 Å². The second-order valence-electron chi connectivity index (χ2n) is 5.10. The number of nitro benzene ring substituents is 1. The largest absolute Gasteiger partial charge is 0.507 e. The third-order valence-electron chi connectivity index (χ3n) is 3.48. The van der Waals surface area contributed by atoms with Crippen LogP contribution >= 0.6 is 0 Å². The van der Waals surface area contributed by atoms with Gasteiger partial charge in [0.25, 0.3) is 0 Å². The van der Waals surface area contributed by atoms with E-state index in [2.05, 4.69) is 13.2 Å². The molecule has 0 amide bonds. The molecule has 0 bridgehead atoms. The van der Waals surface area contributed by atoms with E-state index in [1.54, 1.807) is 18.2 Å². The van der Waals surface area contributed by atoms with Crippen molar-refractivity contribution in [3.05, 3.63) is 76.9 Å². The summed E-state index contributed by atoms with van der Waals surface area (Å²) in [4.78, 5) is 10.3. The number of nitrogens with zero attached hydrogens (tertiary/aromatic N) is 1. The van der Waals surface area contributed by atoms with Crippen LogP contribution in [0.15, 0.2) is 55.6 Å². The van der Waals surface area contributed by atoms with Crippen LogP contribution in [-0.2, 0) is 12.8 Å². The van der Waals surface area contributed by atoms with Crippen molar-refractivity contribution in [2.45, 2.75) is 12.8 Å². The van der Waals surface area contributed by atoms with Crippen molar-refractivity contribution in [2.75, 3.05) is 0 Å². The van der Waals surface area contributed by atoms with Gasteiger partial charge in [0.2, 0.25) is 0 Å². The molecule has 5 heteroatoms. The molecular weight excluding hydrogens is 294 g/mol. The molecule has 0 aliphatic heterocycles. The van der Waals surface area contributed by atoms with E-state index in [-0.39, 0.29) is 5.75 Å². The molecule has 2 aromatic carbocycles. The first-order valence-corrected chi connectivity index (χ1v) is 7.02. The molecule has 0 saturated heterocycles. The van der Waals surface area contributed by atoms with Crippen molar-refractivity contribution >= 4 is 5.69 Å². The lowest BCUT2D eigenvalue weighted by atomic mass is 9.95. The molecule has 0 atom stereocenters. The standard InChI is InChI=1S/C18H17NO4/c1-3-5-12-9-14(6-4-2)18(21)15(10-12)13-7-8-17(20)16(11-13)19(22)23/h3-4,7-11,20-21H,1-2,5-6H2. The number of benzene rings is 2. The van der Waals surface area contributed by atoms with Crippen LogP contribution in [0.2, 0.25) is 0 Å². The highest BCUT2D eigenvalue weighted by atomic mass is 16.6. The van der Waals surface area contributed by atoms with E-state index in [0.717, 1.165) is 5.56 Å². The predicted octanol–water partition coefficient (Wildman–Crippen LogP) is 4.13. The lowest BCUT2D eigenvalue weighted by Crippen LogP contribution is -1.93.